The lowest BCUT2D eigenvalue weighted by molar-refractivity contribution is -0.134. The van der Waals surface area contributed by atoms with Crippen LogP contribution in [0.25, 0.3) is 0 Å². The lowest BCUT2D eigenvalue weighted by Crippen LogP contribution is -2.47. The summed E-state index contributed by atoms with van der Waals surface area (Å²) in [6, 6.07) is 0. The Morgan fingerprint density at radius 2 is 1.76 bits per heavy atom. The Morgan fingerprint density at radius 1 is 1.29 bits per heavy atom. The fourth-order valence-corrected chi connectivity index (χ4v) is 1.87. The van der Waals surface area contributed by atoms with Crippen molar-refractivity contribution in [2.45, 2.75) is 40.3 Å². The maximum absolute atomic E-state index is 9.00. The van der Waals surface area contributed by atoms with E-state index in [1.54, 1.807) is 0 Å². The quantitative estimate of drug-likeness (QED) is 0.815. The van der Waals surface area contributed by atoms with E-state index in [4.69, 9.17) is 9.90 Å². The van der Waals surface area contributed by atoms with Crippen molar-refractivity contribution in [1.29, 1.82) is 0 Å². The molecule has 17 heavy (non-hydrogen) atoms. The van der Waals surface area contributed by atoms with Gasteiger partial charge in [0.15, 0.2) is 0 Å². The molecule has 1 atom stereocenters. The Labute approximate surface area is 104 Å². The molecule has 1 aliphatic rings. The van der Waals surface area contributed by atoms with E-state index in [0.717, 1.165) is 26.4 Å². The molecule has 5 nitrogen and oxygen atoms in total. The number of rotatable bonds is 4. The molecule has 0 radical (unpaired) electrons. The second-order valence-corrected chi connectivity index (χ2v) is 3.89. The van der Waals surface area contributed by atoms with Gasteiger partial charge in [0.05, 0.1) is 0 Å². The first-order valence-electron chi connectivity index (χ1n) is 6.10. The fraction of sp³-hybridized carbons (Fsp3) is 0.750. The van der Waals surface area contributed by atoms with Gasteiger partial charge in [0.2, 0.25) is 0 Å². The Hall–Kier alpha value is -1.23. The Kier molecular flexibility index (Phi) is 7.37. The minimum absolute atomic E-state index is 0.514. The summed E-state index contributed by atoms with van der Waals surface area (Å²) in [4.78, 5) is 11.3. The highest BCUT2D eigenvalue weighted by molar-refractivity contribution is 5.62. The Bertz CT molecular complexity index is 248. The molecule has 100 valence electrons. The van der Waals surface area contributed by atoms with Crippen molar-refractivity contribution >= 4 is 5.97 Å². The van der Waals surface area contributed by atoms with Gasteiger partial charge < -0.3 is 10.0 Å². The molecule has 1 N–H and O–H groups in total. The van der Waals surface area contributed by atoms with Gasteiger partial charge in [-0.05, 0) is 6.42 Å². The lowest BCUT2D eigenvalue weighted by atomic mass is 10.3. The summed E-state index contributed by atoms with van der Waals surface area (Å²) >= 11 is 0. The van der Waals surface area contributed by atoms with E-state index < -0.39 is 5.97 Å². The monoisotopic (exact) mass is 243 g/mol. The first-order chi connectivity index (χ1) is 7.97. The van der Waals surface area contributed by atoms with E-state index in [1.807, 2.05) is 0 Å². The molecule has 1 heterocycles. The average molecular weight is 243 g/mol. The van der Waals surface area contributed by atoms with E-state index in [9.17, 15) is 0 Å². The molecule has 0 aromatic rings. The Morgan fingerprint density at radius 3 is 2.12 bits per heavy atom. The van der Waals surface area contributed by atoms with Crippen molar-refractivity contribution in [3.05, 3.63) is 12.4 Å². The van der Waals surface area contributed by atoms with E-state index in [0.29, 0.717) is 6.17 Å². The van der Waals surface area contributed by atoms with Crippen molar-refractivity contribution in [3.8, 4) is 0 Å². The molecular formula is C12H25N3O2. The number of hydrogen-bond donors (Lipinski definition) is 1. The highest BCUT2D eigenvalue weighted by Crippen LogP contribution is 2.18. The highest BCUT2D eigenvalue weighted by atomic mass is 16.4. The molecule has 0 aromatic heterocycles. The summed E-state index contributed by atoms with van der Waals surface area (Å²) in [6.07, 6.45) is 5.98. The molecule has 0 spiro atoms. The maximum atomic E-state index is 9.00. The van der Waals surface area contributed by atoms with Crippen molar-refractivity contribution in [2.24, 2.45) is 0 Å². The second-order valence-electron chi connectivity index (χ2n) is 3.89. The van der Waals surface area contributed by atoms with Crippen molar-refractivity contribution in [3.63, 3.8) is 0 Å². The predicted molar refractivity (Wildman–Crippen MR) is 69.1 cm³/mol. The van der Waals surface area contributed by atoms with Gasteiger partial charge in [-0.3, -0.25) is 9.80 Å². The lowest BCUT2D eigenvalue weighted by Gasteiger charge is -2.37. The first kappa shape index (κ1) is 15.8. The summed E-state index contributed by atoms with van der Waals surface area (Å²) in [5.41, 5.74) is 0. The van der Waals surface area contributed by atoms with Gasteiger partial charge in [0, 0.05) is 39.5 Å². The highest BCUT2D eigenvalue weighted by Gasteiger charge is 2.24. The maximum Gasteiger partial charge on any atom is 0.300 e. The van der Waals surface area contributed by atoms with Crippen LogP contribution in [-0.2, 0) is 4.79 Å². The summed E-state index contributed by atoms with van der Waals surface area (Å²) in [5, 5.41) is 12.1. The molecular weight excluding hydrogens is 218 g/mol. The van der Waals surface area contributed by atoms with Crippen LogP contribution < -0.4 is 0 Å². The standard InChI is InChI=1S/C10H21N3.C2H4O2/c1-5-10-11(4)8-9-13(10)12(6-2)7-3;1-2(3)4/h8-10H,5-7H2,1-4H3;1H3,(H,3,4). The summed E-state index contributed by atoms with van der Waals surface area (Å²) in [6.45, 7) is 9.85. The summed E-state index contributed by atoms with van der Waals surface area (Å²) < 4.78 is 0. The summed E-state index contributed by atoms with van der Waals surface area (Å²) in [7, 11) is 2.13. The van der Waals surface area contributed by atoms with Crippen molar-refractivity contribution < 1.29 is 9.90 Å². The zero-order chi connectivity index (χ0) is 13.4. The number of carboxylic acids is 1. The molecule has 0 saturated carbocycles. The first-order valence-corrected chi connectivity index (χ1v) is 6.10. The molecule has 0 fully saturated rings. The number of nitrogens with zero attached hydrogens (tertiary/aromatic N) is 3. The average Bonchev–Trinajstić information content (AvgIpc) is 2.61. The fourth-order valence-electron chi connectivity index (χ4n) is 1.87. The van der Waals surface area contributed by atoms with E-state index in [2.05, 4.69) is 55.1 Å². The van der Waals surface area contributed by atoms with Gasteiger partial charge in [0.1, 0.15) is 6.17 Å². The molecule has 0 bridgehead atoms. The zero-order valence-electron chi connectivity index (χ0n) is 11.6. The number of carbonyl (C=O) groups is 1. The molecule has 1 unspecified atom stereocenters. The number of carboxylic acid groups (broad SMARTS) is 1. The third-order valence-electron chi connectivity index (χ3n) is 2.65. The summed E-state index contributed by atoms with van der Waals surface area (Å²) in [5.74, 6) is -0.833. The van der Waals surface area contributed by atoms with Crippen LogP contribution in [0.1, 0.15) is 34.1 Å². The van der Waals surface area contributed by atoms with Crippen LogP contribution in [0.15, 0.2) is 12.4 Å². The third-order valence-corrected chi connectivity index (χ3v) is 2.65. The van der Waals surface area contributed by atoms with E-state index in [1.165, 1.54) is 0 Å². The number of hydrazine groups is 1. The minimum atomic E-state index is -0.833. The zero-order valence-corrected chi connectivity index (χ0v) is 11.6. The second kappa shape index (κ2) is 7.95. The van der Waals surface area contributed by atoms with Gasteiger partial charge in [-0.1, -0.05) is 20.8 Å². The predicted octanol–water partition coefficient (Wildman–Crippen LogP) is 1.79. The van der Waals surface area contributed by atoms with Gasteiger partial charge in [-0.25, -0.2) is 5.01 Å². The molecule has 1 rings (SSSR count). The molecule has 0 saturated heterocycles. The van der Waals surface area contributed by atoms with Crippen LogP contribution in [0, 0.1) is 0 Å². The van der Waals surface area contributed by atoms with Crippen molar-refractivity contribution in [2.75, 3.05) is 20.1 Å². The number of aliphatic carboxylic acids is 1. The van der Waals surface area contributed by atoms with Gasteiger partial charge >= 0.3 is 0 Å². The number of hydrogen-bond acceptors (Lipinski definition) is 4. The molecule has 0 amide bonds. The van der Waals surface area contributed by atoms with Gasteiger partial charge in [0.25, 0.3) is 5.97 Å². The van der Waals surface area contributed by atoms with Crippen LogP contribution >= 0.6 is 0 Å². The third kappa shape index (κ3) is 5.08. The van der Waals surface area contributed by atoms with Crippen LogP contribution in [-0.4, -0.2) is 52.3 Å². The van der Waals surface area contributed by atoms with Crippen LogP contribution in [0.4, 0.5) is 0 Å². The molecule has 1 aliphatic heterocycles. The topological polar surface area (TPSA) is 47.0 Å². The van der Waals surface area contributed by atoms with Gasteiger partial charge in [-0.2, -0.15) is 0 Å². The van der Waals surface area contributed by atoms with Crippen LogP contribution in [0.3, 0.4) is 0 Å². The molecule has 0 aliphatic carbocycles. The molecule has 5 heteroatoms. The van der Waals surface area contributed by atoms with Crippen LogP contribution in [0.2, 0.25) is 0 Å². The molecule has 0 aromatic carbocycles. The van der Waals surface area contributed by atoms with Crippen LogP contribution in [0.5, 0.6) is 0 Å². The van der Waals surface area contributed by atoms with E-state index >= 15 is 0 Å². The normalized spacial score (nSPS) is 18.4. The SMILES string of the molecule is CC(=O)O.CCC1N(C)C=CN1N(CC)CC. The van der Waals surface area contributed by atoms with Gasteiger partial charge in [-0.15, -0.1) is 0 Å². The van der Waals surface area contributed by atoms with E-state index in [-0.39, 0.29) is 0 Å². The minimum Gasteiger partial charge on any atom is -0.481 e. The smallest absolute Gasteiger partial charge is 0.300 e. The largest absolute Gasteiger partial charge is 0.481 e. The Balaban J connectivity index is 0.000000557. The van der Waals surface area contributed by atoms with Crippen molar-refractivity contribution in [1.82, 2.24) is 14.9 Å².